The highest BCUT2D eigenvalue weighted by molar-refractivity contribution is 6.67. The van der Waals surface area contributed by atoms with Gasteiger partial charge >= 0.3 is 6.09 Å². The van der Waals surface area contributed by atoms with Crippen LogP contribution in [0.5, 0.6) is 0 Å². The third-order valence-corrected chi connectivity index (χ3v) is 3.87. The summed E-state index contributed by atoms with van der Waals surface area (Å²) in [6, 6.07) is 5.81. The van der Waals surface area contributed by atoms with Gasteiger partial charge in [-0.2, -0.15) is 0 Å². The minimum absolute atomic E-state index is 0.213. The van der Waals surface area contributed by atoms with Gasteiger partial charge in [0.05, 0.1) is 6.04 Å². The van der Waals surface area contributed by atoms with Crippen LogP contribution in [0.3, 0.4) is 0 Å². The number of carbonyl (C=O) groups is 3. The Balaban J connectivity index is 2.19. The van der Waals surface area contributed by atoms with Crippen LogP contribution in [-0.4, -0.2) is 34.1 Å². The van der Waals surface area contributed by atoms with Crippen LogP contribution >= 0.6 is 34.8 Å². The summed E-state index contributed by atoms with van der Waals surface area (Å²) in [4.78, 5) is 36.8. The number of alkyl carbamates (subject to hydrolysis) is 1. The number of ether oxygens (including phenoxy) is 1. The van der Waals surface area contributed by atoms with E-state index in [1.54, 1.807) is 38.1 Å². The summed E-state index contributed by atoms with van der Waals surface area (Å²) >= 11 is 16.5. The normalized spacial score (nSPS) is 15.9. The van der Waals surface area contributed by atoms with Crippen molar-refractivity contribution in [2.24, 2.45) is 0 Å². The van der Waals surface area contributed by atoms with Crippen molar-refractivity contribution in [3.05, 3.63) is 46.5 Å². The molecule has 0 spiro atoms. The molecular weight excluding hydrogens is 377 g/mol. The van der Waals surface area contributed by atoms with E-state index in [2.05, 4.69) is 5.32 Å². The molecule has 128 valence electrons. The maximum Gasteiger partial charge on any atom is 0.407 e. The predicted octanol–water partition coefficient (Wildman–Crippen LogP) is 3.87. The first kappa shape index (κ1) is 18.8. The Kier molecular flexibility index (Phi) is 5.58. The first-order valence-electron chi connectivity index (χ1n) is 7.01. The number of amides is 1. The maximum absolute atomic E-state index is 12.6. The molecule has 0 saturated carbocycles. The molecule has 1 N–H and O–H groups in total. The van der Waals surface area contributed by atoms with Gasteiger partial charge in [0, 0.05) is 22.3 Å². The van der Waals surface area contributed by atoms with Crippen LogP contribution in [0.1, 0.15) is 34.6 Å². The number of alkyl halides is 3. The molecule has 2 rings (SSSR count). The van der Waals surface area contributed by atoms with E-state index in [4.69, 9.17) is 39.5 Å². The largest absolute Gasteiger partial charge is 0.445 e. The minimum atomic E-state index is -1.73. The number of carbonyl (C=O) groups excluding carboxylic acids is 3. The highest BCUT2D eigenvalue weighted by Crippen LogP contribution is 2.28. The van der Waals surface area contributed by atoms with Crippen molar-refractivity contribution in [3.8, 4) is 0 Å². The Labute approximate surface area is 153 Å². The molecule has 24 heavy (non-hydrogen) atoms. The lowest BCUT2D eigenvalue weighted by Gasteiger charge is -2.24. The van der Waals surface area contributed by atoms with E-state index in [-0.39, 0.29) is 22.7 Å². The summed E-state index contributed by atoms with van der Waals surface area (Å²) in [6.45, 7) is 2.69. The fourth-order valence-corrected chi connectivity index (χ4v) is 2.64. The number of hydrogen-bond donors (Lipinski definition) is 1. The predicted molar refractivity (Wildman–Crippen MR) is 92.0 cm³/mol. The molecule has 1 atom stereocenters. The van der Waals surface area contributed by atoms with Crippen molar-refractivity contribution < 1.29 is 19.1 Å². The monoisotopic (exact) mass is 389 g/mol. The van der Waals surface area contributed by atoms with Gasteiger partial charge in [-0.3, -0.25) is 9.59 Å². The van der Waals surface area contributed by atoms with E-state index in [1.165, 1.54) is 0 Å². The quantitative estimate of drug-likeness (QED) is 0.795. The van der Waals surface area contributed by atoms with Crippen LogP contribution < -0.4 is 5.32 Å². The van der Waals surface area contributed by atoms with Gasteiger partial charge in [-0.05, 0) is 13.8 Å². The van der Waals surface area contributed by atoms with Gasteiger partial charge in [0.2, 0.25) is 3.79 Å². The fraction of sp³-hybridized carbons (Fsp3) is 0.312. The summed E-state index contributed by atoms with van der Waals surface area (Å²) in [7, 11) is 0. The molecule has 0 aromatic heterocycles. The molecule has 1 aromatic carbocycles. The van der Waals surface area contributed by atoms with E-state index in [9.17, 15) is 14.4 Å². The zero-order chi connectivity index (χ0) is 18.1. The second-order valence-electron chi connectivity index (χ2n) is 5.30. The summed E-state index contributed by atoms with van der Waals surface area (Å²) in [5.41, 5.74) is 1.17. The van der Waals surface area contributed by atoms with Crippen molar-refractivity contribution in [2.75, 3.05) is 6.61 Å². The molecule has 8 heteroatoms. The topological polar surface area (TPSA) is 72.5 Å². The van der Waals surface area contributed by atoms with Crippen LogP contribution in [0, 0.1) is 0 Å². The molecule has 1 aliphatic carbocycles. The van der Waals surface area contributed by atoms with Crippen molar-refractivity contribution >= 4 is 52.5 Å². The second kappa shape index (κ2) is 7.13. The number of fused-ring (bicyclic) bond motifs is 1. The molecule has 1 amide bonds. The first-order chi connectivity index (χ1) is 11.1. The van der Waals surface area contributed by atoms with Gasteiger partial charge in [-0.25, -0.2) is 4.79 Å². The van der Waals surface area contributed by atoms with Crippen LogP contribution in [0.2, 0.25) is 0 Å². The lowest BCUT2D eigenvalue weighted by atomic mass is 9.82. The van der Waals surface area contributed by atoms with Crippen molar-refractivity contribution in [1.29, 1.82) is 0 Å². The summed E-state index contributed by atoms with van der Waals surface area (Å²) in [5.74, 6) is -0.555. The maximum atomic E-state index is 12.6. The van der Waals surface area contributed by atoms with Crippen LogP contribution in [0.15, 0.2) is 35.4 Å². The van der Waals surface area contributed by atoms with Crippen LogP contribution in [0.25, 0.3) is 0 Å². The molecule has 1 aromatic rings. The summed E-state index contributed by atoms with van der Waals surface area (Å²) in [5, 5.41) is 2.47. The number of hydrogen-bond acceptors (Lipinski definition) is 4. The Morgan fingerprint density at radius 1 is 1.17 bits per heavy atom. The third kappa shape index (κ3) is 4.09. The lowest BCUT2D eigenvalue weighted by molar-refractivity contribution is 0.0966. The molecular formula is C16H14Cl3NO4. The molecule has 0 saturated heterocycles. The van der Waals surface area contributed by atoms with Crippen LogP contribution in [-0.2, 0) is 4.74 Å². The molecule has 5 nitrogen and oxygen atoms in total. The van der Waals surface area contributed by atoms with Gasteiger partial charge in [-0.15, -0.1) is 0 Å². The Morgan fingerprint density at radius 3 is 2.25 bits per heavy atom. The third-order valence-electron chi connectivity index (χ3n) is 3.54. The first-order valence-corrected chi connectivity index (χ1v) is 8.14. The average molecular weight is 391 g/mol. The number of benzene rings is 1. The zero-order valence-corrected chi connectivity index (χ0v) is 15.1. The van der Waals surface area contributed by atoms with Crippen molar-refractivity contribution in [3.63, 3.8) is 0 Å². The van der Waals surface area contributed by atoms with Gasteiger partial charge in [0.1, 0.15) is 6.61 Å². The Morgan fingerprint density at radius 2 is 1.71 bits per heavy atom. The highest BCUT2D eigenvalue weighted by Gasteiger charge is 2.33. The highest BCUT2D eigenvalue weighted by atomic mass is 35.6. The van der Waals surface area contributed by atoms with E-state index in [0.29, 0.717) is 11.1 Å². The average Bonchev–Trinajstić information content (AvgIpc) is 2.50. The Bertz CT molecular complexity index is 737. The number of nitrogens with one attached hydrogen (secondary N) is 1. The number of ketones is 2. The van der Waals surface area contributed by atoms with Crippen LogP contribution in [0.4, 0.5) is 4.79 Å². The number of halogens is 3. The smallest absolute Gasteiger partial charge is 0.407 e. The van der Waals surface area contributed by atoms with E-state index in [0.717, 1.165) is 0 Å². The summed E-state index contributed by atoms with van der Waals surface area (Å²) < 4.78 is 3.04. The molecule has 1 aliphatic rings. The lowest BCUT2D eigenvalue weighted by Crippen LogP contribution is -2.40. The molecule has 0 fully saturated rings. The Hall–Kier alpha value is -1.56. The zero-order valence-electron chi connectivity index (χ0n) is 12.9. The standard InChI is InChI=1S/C16H14Cl3NO4/c1-8-12(9(2)20-15(23)24-7-16(17,18)19)14(22)11-6-4-3-5-10(11)13(8)21/h3-6,9H,7H2,1-2H3,(H,20,23). The van der Waals surface area contributed by atoms with Gasteiger partial charge < -0.3 is 10.1 Å². The molecule has 1 unspecified atom stereocenters. The minimum Gasteiger partial charge on any atom is -0.445 e. The van der Waals surface area contributed by atoms with Crippen molar-refractivity contribution in [2.45, 2.75) is 23.7 Å². The molecule has 0 bridgehead atoms. The SMILES string of the molecule is CC1=C(C(C)NC(=O)OCC(Cl)(Cl)Cl)C(=O)c2ccccc2C1=O. The fourth-order valence-electron chi connectivity index (χ4n) is 2.48. The number of Topliss-reactive ketones (excluding diaryl/α,β-unsaturated/α-hetero) is 2. The van der Waals surface area contributed by atoms with E-state index >= 15 is 0 Å². The number of rotatable bonds is 3. The van der Waals surface area contributed by atoms with Gasteiger partial charge in [0.25, 0.3) is 0 Å². The van der Waals surface area contributed by atoms with Gasteiger partial charge in [-0.1, -0.05) is 59.1 Å². The second-order valence-corrected chi connectivity index (χ2v) is 7.82. The summed E-state index contributed by atoms with van der Waals surface area (Å²) in [6.07, 6.45) is -0.853. The molecule has 0 aliphatic heterocycles. The molecule has 0 radical (unpaired) electrons. The molecule has 0 heterocycles. The number of allylic oxidation sites excluding steroid dienone is 1. The van der Waals surface area contributed by atoms with E-state index < -0.39 is 22.5 Å². The van der Waals surface area contributed by atoms with Crippen molar-refractivity contribution in [1.82, 2.24) is 5.32 Å². The van der Waals surface area contributed by atoms with Gasteiger partial charge in [0.15, 0.2) is 11.6 Å². The van der Waals surface area contributed by atoms with E-state index in [1.807, 2.05) is 0 Å².